The van der Waals surface area contributed by atoms with E-state index in [1.807, 2.05) is 0 Å². The Morgan fingerprint density at radius 3 is 2.70 bits per heavy atom. The number of nitrogens with one attached hydrogen (secondary N) is 1. The molecule has 1 amide bonds. The summed E-state index contributed by atoms with van der Waals surface area (Å²) in [5.74, 6) is -1.50. The lowest BCUT2D eigenvalue weighted by atomic mass is 10.2. The summed E-state index contributed by atoms with van der Waals surface area (Å²) < 4.78 is 0. The fourth-order valence-corrected chi connectivity index (χ4v) is 1.50. The van der Waals surface area contributed by atoms with Gasteiger partial charge in [0.25, 0.3) is 5.91 Å². The Morgan fingerprint density at radius 1 is 1.25 bits per heavy atom. The van der Waals surface area contributed by atoms with E-state index in [-0.39, 0.29) is 23.0 Å². The monoisotopic (exact) mass is 292 g/mol. The van der Waals surface area contributed by atoms with Crippen LogP contribution in [0.1, 0.15) is 26.5 Å². The molecule has 2 N–H and O–H groups in total. The number of amides is 1. The van der Waals surface area contributed by atoms with Gasteiger partial charge in [0, 0.05) is 6.20 Å². The second-order valence-corrected chi connectivity index (χ2v) is 4.14. The van der Waals surface area contributed by atoms with Crippen LogP contribution < -0.4 is 5.32 Å². The maximum atomic E-state index is 11.7. The molecule has 0 saturated carbocycles. The molecule has 0 aliphatic rings. The zero-order chi connectivity index (χ0) is 14.5. The average Bonchev–Trinajstić information content (AvgIpc) is 2.46. The fraction of sp³-hybridized carbons (Fsp3) is 0.0833. The van der Waals surface area contributed by atoms with Crippen molar-refractivity contribution in [3.63, 3.8) is 0 Å². The minimum absolute atomic E-state index is 0.0876. The van der Waals surface area contributed by atoms with E-state index in [2.05, 4.69) is 20.3 Å². The van der Waals surface area contributed by atoms with E-state index in [0.29, 0.717) is 5.69 Å². The molecule has 0 spiro atoms. The van der Waals surface area contributed by atoms with Crippen LogP contribution in [0.15, 0.2) is 30.7 Å². The van der Waals surface area contributed by atoms with E-state index in [9.17, 15) is 9.59 Å². The zero-order valence-electron chi connectivity index (χ0n) is 10.1. The van der Waals surface area contributed by atoms with Gasteiger partial charge >= 0.3 is 5.97 Å². The van der Waals surface area contributed by atoms with Gasteiger partial charge in [0.05, 0.1) is 30.2 Å². The highest BCUT2D eigenvalue weighted by Crippen LogP contribution is 2.03. The van der Waals surface area contributed by atoms with Crippen LogP contribution in [0.2, 0.25) is 5.15 Å². The number of carboxylic acids is 1. The van der Waals surface area contributed by atoms with Crippen molar-refractivity contribution in [3.05, 3.63) is 52.8 Å². The second kappa shape index (κ2) is 6.07. The smallest absolute Gasteiger partial charge is 0.335 e. The third-order valence-corrected chi connectivity index (χ3v) is 2.54. The van der Waals surface area contributed by atoms with Gasteiger partial charge in [-0.15, -0.1) is 0 Å². The molecule has 2 aromatic rings. The van der Waals surface area contributed by atoms with Crippen molar-refractivity contribution >= 4 is 23.5 Å². The summed E-state index contributed by atoms with van der Waals surface area (Å²) in [6.45, 7) is 0.0876. The van der Waals surface area contributed by atoms with Crippen LogP contribution in [0.25, 0.3) is 0 Å². The normalized spacial score (nSPS) is 10.1. The van der Waals surface area contributed by atoms with Gasteiger partial charge in [-0.1, -0.05) is 11.6 Å². The van der Waals surface area contributed by atoms with E-state index in [0.717, 1.165) is 0 Å². The molecule has 0 bridgehead atoms. The molecule has 2 heterocycles. The van der Waals surface area contributed by atoms with Gasteiger partial charge < -0.3 is 10.4 Å². The lowest BCUT2D eigenvalue weighted by molar-refractivity contribution is 0.0696. The highest BCUT2D eigenvalue weighted by molar-refractivity contribution is 6.29. The Hall–Kier alpha value is -2.54. The maximum Gasteiger partial charge on any atom is 0.335 e. The number of carboxylic acid groups (broad SMARTS) is 1. The quantitative estimate of drug-likeness (QED) is 0.876. The van der Waals surface area contributed by atoms with Crippen molar-refractivity contribution in [3.8, 4) is 0 Å². The van der Waals surface area contributed by atoms with E-state index < -0.39 is 11.9 Å². The summed E-state index contributed by atoms with van der Waals surface area (Å²) >= 11 is 5.57. The third-order valence-electron chi connectivity index (χ3n) is 2.35. The van der Waals surface area contributed by atoms with Gasteiger partial charge in [-0.05, 0) is 12.1 Å². The Kier molecular flexibility index (Phi) is 4.21. The molecule has 7 nitrogen and oxygen atoms in total. The van der Waals surface area contributed by atoms with Gasteiger partial charge in [-0.25, -0.2) is 14.8 Å². The lowest BCUT2D eigenvalue weighted by Crippen LogP contribution is -2.24. The topological polar surface area (TPSA) is 105 Å². The molecule has 0 aliphatic heterocycles. The van der Waals surface area contributed by atoms with E-state index in [1.54, 1.807) is 0 Å². The molecular weight excluding hydrogens is 284 g/mol. The number of carbonyl (C=O) groups is 2. The van der Waals surface area contributed by atoms with Gasteiger partial charge in [0.15, 0.2) is 0 Å². The van der Waals surface area contributed by atoms with Gasteiger partial charge in [-0.2, -0.15) is 0 Å². The molecule has 102 valence electrons. The third kappa shape index (κ3) is 3.48. The van der Waals surface area contributed by atoms with Crippen molar-refractivity contribution in [1.29, 1.82) is 0 Å². The van der Waals surface area contributed by atoms with Crippen LogP contribution in [0, 0.1) is 0 Å². The van der Waals surface area contributed by atoms with Gasteiger partial charge in [0.1, 0.15) is 10.8 Å². The Balaban J connectivity index is 2.01. The number of pyridine rings is 1. The molecule has 0 atom stereocenters. The van der Waals surface area contributed by atoms with Crippen molar-refractivity contribution in [2.45, 2.75) is 6.54 Å². The van der Waals surface area contributed by atoms with Crippen LogP contribution in [0.3, 0.4) is 0 Å². The van der Waals surface area contributed by atoms with Gasteiger partial charge in [0.2, 0.25) is 0 Å². The highest BCUT2D eigenvalue weighted by Gasteiger charge is 2.09. The number of rotatable bonds is 4. The van der Waals surface area contributed by atoms with E-state index >= 15 is 0 Å². The minimum Gasteiger partial charge on any atom is -0.478 e. The Bertz CT molecular complexity index is 645. The molecule has 8 heteroatoms. The molecule has 0 radical (unpaired) electrons. The summed E-state index contributed by atoms with van der Waals surface area (Å²) in [5, 5.41) is 11.6. The number of aromatic nitrogens is 3. The number of aromatic carboxylic acids is 1. The standard InChI is InChI=1S/C12H9ClN4O3/c13-10-6-15-9(5-16-10)11(18)17-4-8-3-7(12(19)20)1-2-14-8/h1-3,5-6H,4H2,(H,17,18)(H,19,20). The molecule has 0 aromatic carbocycles. The summed E-state index contributed by atoms with van der Waals surface area (Å²) in [7, 11) is 0. The minimum atomic E-state index is -1.05. The molecule has 0 saturated heterocycles. The first kappa shape index (κ1) is 13.9. The summed E-state index contributed by atoms with van der Waals surface area (Å²) in [4.78, 5) is 34.1. The van der Waals surface area contributed by atoms with E-state index in [4.69, 9.17) is 16.7 Å². The number of carbonyl (C=O) groups excluding carboxylic acids is 1. The number of halogens is 1. The molecule has 2 aromatic heterocycles. The SMILES string of the molecule is O=C(O)c1ccnc(CNC(=O)c2cnc(Cl)cn2)c1. The highest BCUT2D eigenvalue weighted by atomic mass is 35.5. The number of hydrogen-bond acceptors (Lipinski definition) is 5. The van der Waals surface area contributed by atoms with Crippen LogP contribution in [0.4, 0.5) is 0 Å². The van der Waals surface area contributed by atoms with Crippen molar-refractivity contribution < 1.29 is 14.7 Å². The fourth-order valence-electron chi connectivity index (χ4n) is 1.40. The molecular formula is C12H9ClN4O3. The largest absolute Gasteiger partial charge is 0.478 e. The molecule has 0 aliphatic carbocycles. The summed E-state index contributed by atoms with van der Waals surface area (Å²) in [6.07, 6.45) is 3.88. The van der Waals surface area contributed by atoms with Crippen LogP contribution >= 0.6 is 11.6 Å². The Morgan fingerprint density at radius 2 is 2.05 bits per heavy atom. The van der Waals surface area contributed by atoms with Crippen molar-refractivity contribution in [2.24, 2.45) is 0 Å². The first-order valence-corrected chi connectivity index (χ1v) is 5.88. The predicted octanol–water partition coefficient (Wildman–Crippen LogP) is 1.15. The Labute approximate surface area is 118 Å². The van der Waals surface area contributed by atoms with E-state index in [1.165, 1.54) is 30.7 Å². The van der Waals surface area contributed by atoms with Crippen molar-refractivity contribution in [2.75, 3.05) is 0 Å². The number of hydrogen-bond donors (Lipinski definition) is 2. The van der Waals surface area contributed by atoms with Crippen LogP contribution in [-0.4, -0.2) is 31.9 Å². The van der Waals surface area contributed by atoms with Crippen LogP contribution in [-0.2, 0) is 6.54 Å². The van der Waals surface area contributed by atoms with Gasteiger partial charge in [-0.3, -0.25) is 9.78 Å². The van der Waals surface area contributed by atoms with Crippen molar-refractivity contribution in [1.82, 2.24) is 20.3 Å². The van der Waals surface area contributed by atoms with Crippen LogP contribution in [0.5, 0.6) is 0 Å². The predicted molar refractivity (Wildman–Crippen MR) is 69.4 cm³/mol. The molecule has 2 rings (SSSR count). The first-order chi connectivity index (χ1) is 9.56. The maximum absolute atomic E-state index is 11.7. The lowest BCUT2D eigenvalue weighted by Gasteiger charge is -2.04. The summed E-state index contributed by atoms with van der Waals surface area (Å²) in [6, 6.07) is 2.76. The average molecular weight is 293 g/mol. The zero-order valence-corrected chi connectivity index (χ0v) is 10.8. The number of nitrogens with zero attached hydrogens (tertiary/aromatic N) is 3. The molecule has 20 heavy (non-hydrogen) atoms. The summed E-state index contributed by atoms with van der Waals surface area (Å²) in [5.41, 5.74) is 0.652. The second-order valence-electron chi connectivity index (χ2n) is 3.75. The molecule has 0 unspecified atom stereocenters. The molecule has 0 fully saturated rings. The first-order valence-electron chi connectivity index (χ1n) is 5.50.